The van der Waals surface area contributed by atoms with E-state index in [9.17, 15) is 14.1 Å². The van der Waals surface area contributed by atoms with Gasteiger partial charge in [-0.25, -0.2) is 4.79 Å². The Kier molecular flexibility index (Phi) is 4.55. The van der Waals surface area contributed by atoms with E-state index in [2.05, 4.69) is 5.32 Å². The molecule has 104 valence electrons. The average Bonchev–Trinajstić information content (AvgIpc) is 2.39. The van der Waals surface area contributed by atoms with Crippen LogP contribution in [-0.4, -0.2) is 44.8 Å². The molecule has 0 spiro atoms. The number of hydrogen-bond acceptors (Lipinski definition) is 3. The summed E-state index contributed by atoms with van der Waals surface area (Å²) in [7, 11) is -0.788. The van der Waals surface area contributed by atoms with E-state index in [-0.39, 0.29) is 6.03 Å². The largest absolute Gasteiger partial charge is 0.389 e. The molecule has 2 N–H and O–H groups in total. The first-order valence-corrected chi connectivity index (χ1v) is 7.74. The lowest BCUT2D eigenvalue weighted by Gasteiger charge is -2.26. The number of aliphatic hydroxyl groups is 1. The Morgan fingerprint density at radius 1 is 1.42 bits per heavy atom. The molecule has 1 unspecified atom stereocenters. The van der Waals surface area contributed by atoms with Crippen molar-refractivity contribution in [3.8, 4) is 0 Å². The van der Waals surface area contributed by atoms with E-state index >= 15 is 0 Å². The van der Waals surface area contributed by atoms with Crippen molar-refractivity contribution in [1.82, 2.24) is 4.90 Å². The third-order valence-corrected chi connectivity index (χ3v) is 4.36. The smallest absolute Gasteiger partial charge is 0.321 e. The van der Waals surface area contributed by atoms with Crippen molar-refractivity contribution < 1.29 is 14.1 Å². The number of hydrogen-bond donors (Lipinski definition) is 2. The number of amides is 2. The van der Waals surface area contributed by atoms with E-state index in [1.54, 1.807) is 30.0 Å². The number of carbonyl (C=O) groups excluding carboxylic acids is 1. The van der Waals surface area contributed by atoms with Crippen LogP contribution in [0.5, 0.6) is 0 Å². The van der Waals surface area contributed by atoms with Crippen molar-refractivity contribution in [3.63, 3.8) is 0 Å². The highest BCUT2D eigenvalue weighted by molar-refractivity contribution is 7.85. The van der Waals surface area contributed by atoms with E-state index in [4.69, 9.17) is 0 Å². The summed E-state index contributed by atoms with van der Waals surface area (Å²) in [5, 5.41) is 12.3. The summed E-state index contributed by atoms with van der Waals surface area (Å²) >= 11 is 0. The second-order valence-electron chi connectivity index (χ2n) is 4.57. The predicted octanol–water partition coefficient (Wildman–Crippen LogP) is 1.34. The Hall–Kier alpha value is -1.40. The van der Waals surface area contributed by atoms with E-state index in [1.165, 1.54) is 0 Å². The number of rotatable bonds is 2. The second-order valence-corrected chi connectivity index (χ2v) is 6.26. The molecule has 19 heavy (non-hydrogen) atoms. The number of nitrogens with zero attached hydrogens (tertiary/aromatic N) is 1. The molecule has 0 radical (unpaired) electrons. The fraction of sp³-hybridized carbons (Fsp3) is 0.462. The average molecular weight is 282 g/mol. The number of carbonyl (C=O) groups is 1. The van der Waals surface area contributed by atoms with E-state index in [0.717, 1.165) is 5.56 Å². The summed E-state index contributed by atoms with van der Waals surface area (Å²) in [5.41, 5.74) is 1.42. The minimum absolute atomic E-state index is 0.181. The zero-order chi connectivity index (χ0) is 13.8. The van der Waals surface area contributed by atoms with Gasteiger partial charge in [0.2, 0.25) is 0 Å². The molecule has 1 saturated heterocycles. The SMILES string of the molecule is CC(O)c1cccc(NC(=O)N2CCS(=O)CC2)c1. The van der Waals surface area contributed by atoms with Crippen LogP contribution in [0.4, 0.5) is 10.5 Å². The van der Waals surface area contributed by atoms with Crippen LogP contribution in [0.25, 0.3) is 0 Å². The van der Waals surface area contributed by atoms with Crippen LogP contribution in [0.2, 0.25) is 0 Å². The first-order chi connectivity index (χ1) is 9.06. The number of urea groups is 1. The molecule has 5 nitrogen and oxygen atoms in total. The number of nitrogens with one attached hydrogen (secondary N) is 1. The van der Waals surface area contributed by atoms with Crippen molar-refractivity contribution in [1.29, 1.82) is 0 Å². The summed E-state index contributed by atoms with van der Waals surface area (Å²) in [4.78, 5) is 13.7. The molecule has 1 atom stereocenters. The maximum atomic E-state index is 12.0. The van der Waals surface area contributed by atoms with Gasteiger partial charge in [0.25, 0.3) is 0 Å². The fourth-order valence-electron chi connectivity index (χ4n) is 1.92. The standard InChI is InChI=1S/C13H18N2O3S/c1-10(16)11-3-2-4-12(9-11)14-13(17)15-5-7-19(18)8-6-15/h2-4,9-10,16H,5-8H2,1H3,(H,14,17). The summed E-state index contributed by atoms with van der Waals surface area (Å²) in [5.74, 6) is 1.09. The highest BCUT2D eigenvalue weighted by Gasteiger charge is 2.20. The van der Waals surface area contributed by atoms with Gasteiger partial charge in [-0.3, -0.25) is 4.21 Å². The second kappa shape index (κ2) is 6.16. The zero-order valence-corrected chi connectivity index (χ0v) is 11.7. The molecule has 1 fully saturated rings. The number of aliphatic hydroxyl groups excluding tert-OH is 1. The highest BCUT2D eigenvalue weighted by Crippen LogP contribution is 2.17. The Morgan fingerprint density at radius 2 is 2.11 bits per heavy atom. The third-order valence-electron chi connectivity index (χ3n) is 3.09. The van der Waals surface area contributed by atoms with Crippen LogP contribution in [0.3, 0.4) is 0 Å². The van der Waals surface area contributed by atoms with Crippen LogP contribution in [0.15, 0.2) is 24.3 Å². The highest BCUT2D eigenvalue weighted by atomic mass is 32.2. The van der Waals surface area contributed by atoms with Gasteiger partial charge in [0, 0.05) is 41.1 Å². The van der Waals surface area contributed by atoms with Gasteiger partial charge in [-0.2, -0.15) is 0 Å². The van der Waals surface area contributed by atoms with Crippen molar-refractivity contribution >= 4 is 22.5 Å². The number of benzene rings is 1. The molecule has 6 heteroatoms. The first-order valence-electron chi connectivity index (χ1n) is 6.25. The molecule has 0 aliphatic carbocycles. The molecule has 1 aliphatic rings. The van der Waals surface area contributed by atoms with Crippen molar-refractivity contribution in [2.24, 2.45) is 0 Å². The Morgan fingerprint density at radius 3 is 2.74 bits per heavy atom. The first kappa shape index (κ1) is 14.0. The Balaban J connectivity index is 1.98. The van der Waals surface area contributed by atoms with Gasteiger partial charge in [-0.1, -0.05) is 12.1 Å². The Labute approximate surface area is 115 Å². The van der Waals surface area contributed by atoms with Crippen LogP contribution >= 0.6 is 0 Å². The molecule has 0 saturated carbocycles. The lowest BCUT2D eigenvalue weighted by atomic mass is 10.1. The minimum Gasteiger partial charge on any atom is -0.389 e. The summed E-state index contributed by atoms with van der Waals surface area (Å²) < 4.78 is 11.2. The quantitative estimate of drug-likeness (QED) is 0.860. The minimum atomic E-state index is -0.788. The molecular weight excluding hydrogens is 264 g/mol. The lowest BCUT2D eigenvalue weighted by Crippen LogP contribution is -2.43. The van der Waals surface area contributed by atoms with Crippen molar-refractivity contribution in [2.75, 3.05) is 29.9 Å². The molecule has 1 aromatic rings. The van der Waals surface area contributed by atoms with Gasteiger partial charge in [0.15, 0.2) is 0 Å². The van der Waals surface area contributed by atoms with Crippen LogP contribution in [0, 0.1) is 0 Å². The van der Waals surface area contributed by atoms with Gasteiger partial charge < -0.3 is 15.3 Å². The fourth-order valence-corrected chi connectivity index (χ4v) is 2.97. The molecule has 1 aliphatic heterocycles. The molecule has 0 bridgehead atoms. The molecule has 0 aromatic heterocycles. The topological polar surface area (TPSA) is 69.6 Å². The van der Waals surface area contributed by atoms with Gasteiger partial charge in [-0.15, -0.1) is 0 Å². The third kappa shape index (κ3) is 3.78. The van der Waals surface area contributed by atoms with Crippen LogP contribution < -0.4 is 5.32 Å². The molecule has 1 heterocycles. The molecule has 2 amide bonds. The van der Waals surface area contributed by atoms with Gasteiger partial charge in [0.05, 0.1) is 6.10 Å². The van der Waals surface area contributed by atoms with Gasteiger partial charge in [0.1, 0.15) is 0 Å². The predicted molar refractivity (Wildman–Crippen MR) is 75.5 cm³/mol. The van der Waals surface area contributed by atoms with Crippen LogP contribution in [-0.2, 0) is 10.8 Å². The maximum absolute atomic E-state index is 12.0. The Bertz CT molecular complexity index is 481. The molecular formula is C13H18N2O3S. The summed E-state index contributed by atoms with van der Waals surface area (Å²) in [6.45, 7) is 2.73. The van der Waals surface area contributed by atoms with Crippen molar-refractivity contribution in [2.45, 2.75) is 13.0 Å². The van der Waals surface area contributed by atoms with Crippen LogP contribution in [0.1, 0.15) is 18.6 Å². The summed E-state index contributed by atoms with van der Waals surface area (Å²) in [6, 6.07) is 6.96. The summed E-state index contributed by atoms with van der Waals surface area (Å²) in [6.07, 6.45) is -0.561. The zero-order valence-electron chi connectivity index (χ0n) is 10.8. The lowest BCUT2D eigenvalue weighted by molar-refractivity contribution is 0.199. The monoisotopic (exact) mass is 282 g/mol. The normalized spacial score (nSPS) is 18.1. The van der Waals surface area contributed by atoms with Gasteiger partial charge in [-0.05, 0) is 24.6 Å². The number of anilines is 1. The molecule has 1 aromatic carbocycles. The van der Waals surface area contributed by atoms with E-state index < -0.39 is 16.9 Å². The maximum Gasteiger partial charge on any atom is 0.321 e. The molecule has 2 rings (SSSR count). The van der Waals surface area contributed by atoms with E-state index in [0.29, 0.717) is 30.3 Å². The van der Waals surface area contributed by atoms with E-state index in [1.807, 2.05) is 6.07 Å². The van der Waals surface area contributed by atoms with Crippen molar-refractivity contribution in [3.05, 3.63) is 29.8 Å². The van der Waals surface area contributed by atoms with Gasteiger partial charge >= 0.3 is 6.03 Å².